The molecule has 0 fully saturated rings. The Kier molecular flexibility index (Phi) is 3.26. The number of thiophene rings is 1. The third kappa shape index (κ3) is 2.20. The van der Waals surface area contributed by atoms with Gasteiger partial charge in [-0.25, -0.2) is 4.98 Å². The van der Waals surface area contributed by atoms with E-state index in [9.17, 15) is 4.79 Å². The molecule has 3 rings (SSSR count). The molecule has 0 aliphatic rings. The highest BCUT2D eigenvalue weighted by Crippen LogP contribution is 2.31. The quantitative estimate of drug-likeness (QED) is 0.729. The van der Waals surface area contributed by atoms with Gasteiger partial charge in [-0.15, -0.1) is 11.3 Å². The van der Waals surface area contributed by atoms with Gasteiger partial charge in [-0.05, 0) is 23.8 Å². The number of hydrogen-bond acceptors (Lipinski definition) is 4. The minimum atomic E-state index is -0.179. The van der Waals surface area contributed by atoms with Gasteiger partial charge in [0.15, 0.2) is 0 Å². The molecule has 0 saturated heterocycles. The van der Waals surface area contributed by atoms with Crippen molar-refractivity contribution >= 4 is 33.2 Å². The lowest BCUT2D eigenvalue weighted by molar-refractivity contribution is 0.777. The second-order valence-corrected chi connectivity index (χ2v) is 5.66. The molecule has 2 aromatic heterocycles. The molecule has 3 aromatic rings. The smallest absolute Gasteiger partial charge is 0.272 e. The molecular formula is C14H8ClN3OS. The molecule has 0 N–H and O–H groups in total. The molecule has 0 aliphatic heterocycles. The van der Waals surface area contributed by atoms with Crippen LogP contribution in [0.4, 0.5) is 0 Å². The average Bonchev–Trinajstić information content (AvgIpc) is 2.88. The van der Waals surface area contributed by atoms with Crippen LogP contribution < -0.4 is 5.56 Å². The van der Waals surface area contributed by atoms with Gasteiger partial charge in [0.1, 0.15) is 11.2 Å². The van der Waals surface area contributed by atoms with Gasteiger partial charge in [-0.3, -0.25) is 9.36 Å². The molecular weight excluding hydrogens is 294 g/mol. The molecule has 98 valence electrons. The standard InChI is InChI=1S/C14H8ClN3OS/c15-10-3-1-9(2-4-10)12-7-11-13(20-12)14(19)18(6-5-16)8-17-11/h1-4,7-8H,6H2. The van der Waals surface area contributed by atoms with Crippen molar-refractivity contribution in [3.05, 3.63) is 52.0 Å². The third-order valence-corrected chi connectivity index (χ3v) is 4.29. The number of hydrogen-bond donors (Lipinski definition) is 0. The fourth-order valence-corrected chi connectivity index (χ4v) is 3.08. The van der Waals surface area contributed by atoms with Crippen LogP contribution in [0.1, 0.15) is 0 Å². The van der Waals surface area contributed by atoms with Crippen molar-refractivity contribution in [3.63, 3.8) is 0 Å². The summed E-state index contributed by atoms with van der Waals surface area (Å²) in [6.07, 6.45) is 1.41. The summed E-state index contributed by atoms with van der Waals surface area (Å²) in [5.74, 6) is 0. The van der Waals surface area contributed by atoms with Crippen molar-refractivity contribution in [3.8, 4) is 16.5 Å². The van der Waals surface area contributed by atoms with E-state index in [0.29, 0.717) is 15.2 Å². The number of benzene rings is 1. The van der Waals surface area contributed by atoms with Crippen LogP contribution in [0.15, 0.2) is 41.5 Å². The first-order valence-corrected chi connectivity index (χ1v) is 7.00. The van der Waals surface area contributed by atoms with Gasteiger partial charge in [0.05, 0.1) is 17.9 Å². The van der Waals surface area contributed by atoms with Gasteiger partial charge in [-0.2, -0.15) is 5.26 Å². The molecule has 0 amide bonds. The normalized spacial score (nSPS) is 10.6. The average molecular weight is 302 g/mol. The van der Waals surface area contributed by atoms with Gasteiger partial charge < -0.3 is 0 Å². The molecule has 0 unspecified atom stereocenters. The molecule has 2 heterocycles. The summed E-state index contributed by atoms with van der Waals surface area (Å²) in [6.45, 7) is 0.00987. The zero-order chi connectivity index (χ0) is 14.1. The topological polar surface area (TPSA) is 58.7 Å². The van der Waals surface area contributed by atoms with Crippen molar-refractivity contribution in [2.24, 2.45) is 0 Å². The molecule has 1 aromatic carbocycles. The van der Waals surface area contributed by atoms with E-state index in [1.54, 1.807) is 0 Å². The highest BCUT2D eigenvalue weighted by atomic mass is 35.5. The first-order valence-electron chi connectivity index (χ1n) is 5.81. The molecule has 0 atom stereocenters. The predicted molar refractivity (Wildman–Crippen MR) is 79.9 cm³/mol. The van der Waals surface area contributed by atoms with E-state index in [2.05, 4.69) is 4.98 Å². The number of aromatic nitrogens is 2. The van der Waals surface area contributed by atoms with E-state index >= 15 is 0 Å². The van der Waals surface area contributed by atoms with Crippen molar-refractivity contribution in [2.45, 2.75) is 6.54 Å². The van der Waals surface area contributed by atoms with Gasteiger partial charge in [0.2, 0.25) is 0 Å². The first kappa shape index (κ1) is 12.9. The van der Waals surface area contributed by atoms with Crippen LogP contribution in [-0.4, -0.2) is 9.55 Å². The summed E-state index contributed by atoms with van der Waals surface area (Å²) in [7, 11) is 0. The van der Waals surface area contributed by atoms with Crippen molar-refractivity contribution in [1.29, 1.82) is 5.26 Å². The summed E-state index contributed by atoms with van der Waals surface area (Å²) < 4.78 is 1.87. The largest absolute Gasteiger partial charge is 0.284 e. The Hall–Kier alpha value is -2.16. The van der Waals surface area contributed by atoms with Crippen LogP contribution >= 0.6 is 22.9 Å². The Balaban J connectivity index is 2.16. The number of rotatable bonds is 2. The summed E-state index contributed by atoms with van der Waals surface area (Å²) in [6, 6.07) is 11.2. The maximum Gasteiger partial charge on any atom is 0.272 e. The van der Waals surface area contributed by atoms with Crippen LogP contribution in [0, 0.1) is 11.3 Å². The Labute approximate surface area is 123 Å². The lowest BCUT2D eigenvalue weighted by Crippen LogP contribution is -2.18. The lowest BCUT2D eigenvalue weighted by Gasteiger charge is -1.97. The van der Waals surface area contributed by atoms with Gasteiger partial charge in [0, 0.05) is 9.90 Å². The SMILES string of the molecule is N#CCn1cnc2cc(-c3ccc(Cl)cc3)sc2c1=O. The van der Waals surface area contributed by atoms with Gasteiger partial charge in [0.25, 0.3) is 5.56 Å². The zero-order valence-corrected chi connectivity index (χ0v) is 11.8. The predicted octanol–water partition coefficient (Wildman–Crippen LogP) is 3.30. The molecule has 0 radical (unpaired) electrons. The van der Waals surface area contributed by atoms with E-state index in [1.165, 1.54) is 22.2 Å². The minimum absolute atomic E-state index is 0.00987. The molecule has 4 nitrogen and oxygen atoms in total. The molecule has 0 bridgehead atoms. The summed E-state index contributed by atoms with van der Waals surface area (Å²) >= 11 is 7.24. The van der Waals surface area contributed by atoms with Crippen LogP contribution in [0.3, 0.4) is 0 Å². The molecule has 6 heteroatoms. The summed E-state index contributed by atoms with van der Waals surface area (Å²) in [5.41, 5.74) is 1.46. The molecule has 20 heavy (non-hydrogen) atoms. The van der Waals surface area contributed by atoms with Crippen LogP contribution in [-0.2, 0) is 6.54 Å². The molecule has 0 saturated carbocycles. The van der Waals surface area contributed by atoms with E-state index in [1.807, 2.05) is 36.4 Å². The summed E-state index contributed by atoms with van der Waals surface area (Å²) in [4.78, 5) is 17.4. The lowest BCUT2D eigenvalue weighted by atomic mass is 10.2. The minimum Gasteiger partial charge on any atom is -0.284 e. The van der Waals surface area contributed by atoms with Crippen LogP contribution in [0.5, 0.6) is 0 Å². The van der Waals surface area contributed by atoms with Crippen LogP contribution in [0.25, 0.3) is 20.7 Å². The van der Waals surface area contributed by atoms with Crippen molar-refractivity contribution in [2.75, 3.05) is 0 Å². The van der Waals surface area contributed by atoms with E-state index in [0.717, 1.165) is 10.4 Å². The van der Waals surface area contributed by atoms with E-state index in [-0.39, 0.29) is 12.1 Å². The van der Waals surface area contributed by atoms with Crippen LogP contribution in [0.2, 0.25) is 5.02 Å². The molecule has 0 spiro atoms. The second kappa shape index (κ2) is 5.08. The zero-order valence-electron chi connectivity index (χ0n) is 10.2. The van der Waals surface area contributed by atoms with E-state index < -0.39 is 0 Å². The maximum absolute atomic E-state index is 12.2. The summed E-state index contributed by atoms with van der Waals surface area (Å²) in [5, 5.41) is 9.35. The van der Waals surface area contributed by atoms with Gasteiger partial charge >= 0.3 is 0 Å². The number of nitriles is 1. The third-order valence-electron chi connectivity index (χ3n) is 2.87. The van der Waals surface area contributed by atoms with Crippen molar-refractivity contribution < 1.29 is 0 Å². The van der Waals surface area contributed by atoms with Gasteiger partial charge in [-0.1, -0.05) is 23.7 Å². The number of fused-ring (bicyclic) bond motifs is 1. The number of halogens is 1. The second-order valence-electron chi connectivity index (χ2n) is 4.17. The maximum atomic E-state index is 12.2. The highest BCUT2D eigenvalue weighted by molar-refractivity contribution is 7.22. The highest BCUT2D eigenvalue weighted by Gasteiger charge is 2.10. The monoisotopic (exact) mass is 301 g/mol. The Morgan fingerprint density at radius 1 is 1.35 bits per heavy atom. The fourth-order valence-electron chi connectivity index (χ4n) is 1.89. The fraction of sp³-hybridized carbons (Fsp3) is 0.0714. The number of nitrogens with zero attached hydrogens (tertiary/aromatic N) is 3. The van der Waals surface area contributed by atoms with Crippen molar-refractivity contribution in [1.82, 2.24) is 9.55 Å². The Bertz CT molecular complexity index is 874. The first-order chi connectivity index (χ1) is 9.69. The Morgan fingerprint density at radius 2 is 2.10 bits per heavy atom. The molecule has 0 aliphatic carbocycles. The Morgan fingerprint density at radius 3 is 2.80 bits per heavy atom. The van der Waals surface area contributed by atoms with E-state index in [4.69, 9.17) is 16.9 Å².